The maximum Gasteiger partial charge on any atom is 0.224 e. The quantitative estimate of drug-likeness (QED) is 0.744. The van der Waals surface area contributed by atoms with Crippen molar-refractivity contribution < 1.29 is 4.79 Å². The van der Waals surface area contributed by atoms with Crippen molar-refractivity contribution in [2.24, 2.45) is 11.8 Å². The average Bonchev–Trinajstić information content (AvgIpc) is 3.49. The number of nitrogens with one attached hydrogen (secondary N) is 1. The van der Waals surface area contributed by atoms with Gasteiger partial charge in [-0.3, -0.25) is 9.69 Å². The molecular formula is C27H34N2O. The van der Waals surface area contributed by atoms with E-state index in [1.165, 1.54) is 55.3 Å². The topological polar surface area (TPSA) is 32.3 Å². The van der Waals surface area contributed by atoms with Gasteiger partial charge in [0.05, 0.1) is 6.42 Å². The molecule has 3 nitrogen and oxygen atoms in total. The molecule has 0 radical (unpaired) electrons. The van der Waals surface area contributed by atoms with E-state index in [0.717, 1.165) is 25.4 Å². The molecule has 0 spiro atoms. The first-order valence-electron chi connectivity index (χ1n) is 11.9. The van der Waals surface area contributed by atoms with Gasteiger partial charge in [-0.2, -0.15) is 0 Å². The van der Waals surface area contributed by atoms with Gasteiger partial charge in [0.25, 0.3) is 0 Å². The van der Waals surface area contributed by atoms with Gasteiger partial charge in [0.2, 0.25) is 5.91 Å². The van der Waals surface area contributed by atoms with Crippen LogP contribution in [0.5, 0.6) is 0 Å². The molecule has 1 amide bonds. The predicted molar refractivity (Wildman–Crippen MR) is 121 cm³/mol. The van der Waals surface area contributed by atoms with Gasteiger partial charge in [-0.05, 0) is 60.1 Å². The lowest BCUT2D eigenvalue weighted by molar-refractivity contribution is -0.121. The molecule has 1 heterocycles. The van der Waals surface area contributed by atoms with Crippen LogP contribution < -0.4 is 5.32 Å². The number of rotatable bonds is 6. The largest absolute Gasteiger partial charge is 0.353 e. The number of nitrogens with zero attached hydrogens (tertiary/aromatic N) is 1. The van der Waals surface area contributed by atoms with Gasteiger partial charge >= 0.3 is 0 Å². The second-order valence-corrected chi connectivity index (χ2v) is 9.71. The highest BCUT2D eigenvalue weighted by Crippen LogP contribution is 2.39. The minimum Gasteiger partial charge on any atom is -0.353 e. The van der Waals surface area contributed by atoms with Crippen molar-refractivity contribution in [2.75, 3.05) is 13.1 Å². The molecule has 3 atom stereocenters. The number of amides is 1. The highest BCUT2D eigenvalue weighted by Gasteiger charge is 2.42. The number of likely N-dealkylation sites (tertiary alicyclic amines) is 1. The molecule has 2 saturated carbocycles. The molecule has 2 aromatic rings. The smallest absolute Gasteiger partial charge is 0.224 e. The Morgan fingerprint density at radius 3 is 2.50 bits per heavy atom. The zero-order chi connectivity index (χ0) is 20.3. The van der Waals surface area contributed by atoms with Crippen molar-refractivity contribution in [3.8, 4) is 0 Å². The Morgan fingerprint density at radius 2 is 1.67 bits per heavy atom. The highest BCUT2D eigenvalue weighted by atomic mass is 16.1. The van der Waals surface area contributed by atoms with Crippen LogP contribution >= 0.6 is 0 Å². The van der Waals surface area contributed by atoms with E-state index in [4.69, 9.17) is 0 Å². The molecule has 0 unspecified atom stereocenters. The fourth-order valence-electron chi connectivity index (χ4n) is 6.27. The van der Waals surface area contributed by atoms with Crippen LogP contribution in [0, 0.1) is 11.8 Å². The molecule has 30 heavy (non-hydrogen) atoms. The van der Waals surface area contributed by atoms with Gasteiger partial charge < -0.3 is 5.32 Å². The molecule has 1 N–H and O–H groups in total. The zero-order valence-electron chi connectivity index (χ0n) is 17.9. The van der Waals surface area contributed by atoms with Crippen LogP contribution in [0.4, 0.5) is 0 Å². The van der Waals surface area contributed by atoms with Crippen molar-refractivity contribution in [1.82, 2.24) is 10.2 Å². The Morgan fingerprint density at radius 1 is 0.900 bits per heavy atom. The number of fused-ring (bicyclic) bond motifs is 1. The molecule has 1 aliphatic heterocycles. The lowest BCUT2D eigenvalue weighted by atomic mass is 9.91. The molecule has 158 valence electrons. The summed E-state index contributed by atoms with van der Waals surface area (Å²) in [4.78, 5) is 15.6. The number of hydrogen-bond donors (Lipinski definition) is 1. The number of hydrogen-bond acceptors (Lipinski definition) is 2. The Hall–Kier alpha value is -2.13. The minimum absolute atomic E-state index is 0.215. The summed E-state index contributed by atoms with van der Waals surface area (Å²) >= 11 is 0. The first kappa shape index (κ1) is 19.8. The van der Waals surface area contributed by atoms with E-state index in [9.17, 15) is 4.79 Å². The Bertz CT molecular complexity index is 858. The lowest BCUT2D eigenvalue weighted by Crippen LogP contribution is -2.40. The molecule has 1 saturated heterocycles. The molecule has 2 aliphatic carbocycles. The number of benzene rings is 2. The summed E-state index contributed by atoms with van der Waals surface area (Å²) in [7, 11) is 0. The third-order valence-electron chi connectivity index (χ3n) is 7.73. The summed E-state index contributed by atoms with van der Waals surface area (Å²) in [6.07, 6.45) is 8.15. The van der Waals surface area contributed by atoms with Crippen molar-refractivity contribution in [2.45, 2.75) is 63.5 Å². The van der Waals surface area contributed by atoms with E-state index in [1.807, 2.05) is 0 Å². The number of carbonyl (C=O) groups excluding carboxylic acids is 1. The summed E-state index contributed by atoms with van der Waals surface area (Å²) in [5.74, 6) is 2.23. The van der Waals surface area contributed by atoms with Gasteiger partial charge in [-0.15, -0.1) is 0 Å². The Kier molecular flexibility index (Phi) is 5.90. The van der Waals surface area contributed by atoms with E-state index in [-0.39, 0.29) is 5.91 Å². The molecular weight excluding hydrogens is 368 g/mol. The van der Waals surface area contributed by atoms with Crippen LogP contribution in [0.15, 0.2) is 54.6 Å². The molecule has 3 fully saturated rings. The van der Waals surface area contributed by atoms with Gasteiger partial charge in [-0.1, -0.05) is 67.4 Å². The monoisotopic (exact) mass is 402 g/mol. The molecule has 2 aromatic carbocycles. The van der Waals surface area contributed by atoms with E-state index in [1.54, 1.807) is 0 Å². The van der Waals surface area contributed by atoms with Crippen molar-refractivity contribution >= 4 is 5.91 Å². The van der Waals surface area contributed by atoms with Gasteiger partial charge in [-0.25, -0.2) is 0 Å². The predicted octanol–water partition coefficient (Wildman–Crippen LogP) is 4.91. The van der Waals surface area contributed by atoms with Crippen LogP contribution in [0.25, 0.3) is 0 Å². The van der Waals surface area contributed by atoms with Crippen LogP contribution in [-0.4, -0.2) is 29.9 Å². The average molecular weight is 403 g/mol. The van der Waals surface area contributed by atoms with E-state index in [0.29, 0.717) is 24.3 Å². The molecule has 0 aromatic heterocycles. The van der Waals surface area contributed by atoms with Crippen LogP contribution in [0.3, 0.4) is 0 Å². The highest BCUT2D eigenvalue weighted by molar-refractivity contribution is 5.79. The number of carbonyl (C=O) groups is 1. The van der Waals surface area contributed by atoms with Crippen LogP contribution in [0.1, 0.15) is 61.1 Å². The molecule has 0 bridgehead atoms. The van der Waals surface area contributed by atoms with Crippen LogP contribution in [0.2, 0.25) is 0 Å². The first-order valence-corrected chi connectivity index (χ1v) is 11.9. The molecule has 3 heteroatoms. The third-order valence-corrected chi connectivity index (χ3v) is 7.73. The molecule has 5 rings (SSSR count). The summed E-state index contributed by atoms with van der Waals surface area (Å²) in [5, 5.41) is 3.44. The Balaban J connectivity index is 1.18. The van der Waals surface area contributed by atoms with Crippen molar-refractivity contribution in [3.05, 3.63) is 71.3 Å². The summed E-state index contributed by atoms with van der Waals surface area (Å²) in [6, 6.07) is 19.8. The lowest BCUT2D eigenvalue weighted by Gasteiger charge is -2.22. The van der Waals surface area contributed by atoms with Gasteiger partial charge in [0, 0.05) is 25.7 Å². The van der Waals surface area contributed by atoms with Crippen molar-refractivity contribution in [3.63, 3.8) is 0 Å². The fraction of sp³-hybridized carbons (Fsp3) is 0.519. The SMILES string of the molecule is O=C(Cc1ccccc1C1CCCC1)N[C@@H]1CC[C@@H]2CN(Cc3ccccc3)C[C@H]21. The summed E-state index contributed by atoms with van der Waals surface area (Å²) in [6.45, 7) is 3.32. The summed E-state index contributed by atoms with van der Waals surface area (Å²) in [5.41, 5.74) is 4.06. The van der Waals surface area contributed by atoms with Crippen molar-refractivity contribution in [1.29, 1.82) is 0 Å². The van der Waals surface area contributed by atoms with E-state index < -0.39 is 0 Å². The maximum absolute atomic E-state index is 13.0. The second kappa shape index (κ2) is 8.93. The standard InChI is InChI=1S/C27H34N2O/c30-27(16-22-12-6-7-13-24(22)21-10-4-5-11-21)28-26-15-14-23-18-29(19-25(23)26)17-20-8-2-1-3-9-20/h1-3,6-9,12-13,21,23,25-26H,4-5,10-11,14-19H2,(H,28,30)/t23-,25-,26-/m1/s1. The maximum atomic E-state index is 13.0. The zero-order valence-corrected chi connectivity index (χ0v) is 17.9. The van der Waals surface area contributed by atoms with Crippen LogP contribution in [-0.2, 0) is 17.8 Å². The van der Waals surface area contributed by atoms with Gasteiger partial charge in [0.1, 0.15) is 0 Å². The summed E-state index contributed by atoms with van der Waals surface area (Å²) < 4.78 is 0. The fourth-order valence-corrected chi connectivity index (χ4v) is 6.27. The van der Waals surface area contributed by atoms with E-state index >= 15 is 0 Å². The molecule has 3 aliphatic rings. The normalized spacial score (nSPS) is 26.7. The minimum atomic E-state index is 0.215. The second-order valence-electron chi connectivity index (χ2n) is 9.71. The Labute approximate surface area is 180 Å². The van der Waals surface area contributed by atoms with E-state index in [2.05, 4.69) is 64.8 Å². The first-order chi connectivity index (χ1) is 14.8. The van der Waals surface area contributed by atoms with Gasteiger partial charge in [0.15, 0.2) is 0 Å². The third kappa shape index (κ3) is 4.32.